The molecule has 0 aliphatic carbocycles. The number of carbonyl (C=O) groups is 1. The Morgan fingerprint density at radius 1 is 1.26 bits per heavy atom. The van der Waals surface area contributed by atoms with Crippen molar-refractivity contribution in [2.75, 3.05) is 32.8 Å². The van der Waals surface area contributed by atoms with Crippen LogP contribution in [0.4, 0.5) is 4.79 Å². The lowest BCUT2D eigenvalue weighted by Gasteiger charge is -2.23. The first kappa shape index (κ1) is 19.4. The van der Waals surface area contributed by atoms with Crippen molar-refractivity contribution >= 4 is 17.8 Å². The molecule has 6 nitrogen and oxygen atoms in total. The second kappa shape index (κ2) is 9.52. The van der Waals surface area contributed by atoms with Gasteiger partial charge in [0.1, 0.15) is 0 Å². The SMILES string of the molecule is COc1ccc(CNC(=O)NC[C@](C)(O)CCSC)cc1OC. The first-order valence-corrected chi connectivity index (χ1v) is 8.75. The number of thioether (sulfide) groups is 1. The number of hydrogen-bond acceptors (Lipinski definition) is 5. The largest absolute Gasteiger partial charge is 0.493 e. The number of amides is 2. The monoisotopic (exact) mass is 342 g/mol. The molecule has 3 N–H and O–H groups in total. The van der Waals surface area contributed by atoms with Crippen LogP contribution < -0.4 is 20.1 Å². The Kier molecular flexibility index (Phi) is 8.05. The van der Waals surface area contributed by atoms with Crippen LogP contribution in [0.1, 0.15) is 18.9 Å². The Balaban J connectivity index is 2.44. The van der Waals surface area contributed by atoms with Gasteiger partial charge in [0.15, 0.2) is 11.5 Å². The van der Waals surface area contributed by atoms with Crippen molar-refractivity contribution in [1.82, 2.24) is 10.6 Å². The van der Waals surface area contributed by atoms with E-state index in [1.54, 1.807) is 39.0 Å². The fraction of sp³-hybridized carbons (Fsp3) is 0.562. The molecule has 1 atom stereocenters. The predicted molar refractivity (Wildman–Crippen MR) is 93.4 cm³/mol. The summed E-state index contributed by atoms with van der Waals surface area (Å²) in [6, 6.07) is 5.15. The van der Waals surface area contributed by atoms with Crippen molar-refractivity contribution in [2.24, 2.45) is 0 Å². The molecule has 0 saturated carbocycles. The Bertz CT molecular complexity index is 509. The van der Waals surface area contributed by atoms with E-state index in [2.05, 4.69) is 10.6 Å². The van der Waals surface area contributed by atoms with Crippen LogP contribution in [0, 0.1) is 0 Å². The van der Waals surface area contributed by atoms with Crippen molar-refractivity contribution in [3.63, 3.8) is 0 Å². The summed E-state index contributed by atoms with van der Waals surface area (Å²) in [6.45, 7) is 2.29. The maximum Gasteiger partial charge on any atom is 0.315 e. The van der Waals surface area contributed by atoms with E-state index in [-0.39, 0.29) is 12.6 Å². The quantitative estimate of drug-likeness (QED) is 0.640. The van der Waals surface area contributed by atoms with E-state index >= 15 is 0 Å². The molecule has 7 heteroatoms. The molecule has 0 aliphatic heterocycles. The highest BCUT2D eigenvalue weighted by atomic mass is 32.2. The maximum atomic E-state index is 11.8. The minimum absolute atomic E-state index is 0.214. The highest BCUT2D eigenvalue weighted by Crippen LogP contribution is 2.27. The molecule has 2 amide bonds. The summed E-state index contributed by atoms with van der Waals surface area (Å²) in [5.41, 5.74) is -0.00381. The van der Waals surface area contributed by atoms with E-state index in [4.69, 9.17) is 9.47 Å². The molecule has 0 heterocycles. The number of aliphatic hydroxyl groups is 1. The fourth-order valence-corrected chi connectivity index (χ4v) is 2.56. The predicted octanol–water partition coefficient (Wildman–Crippen LogP) is 2.01. The van der Waals surface area contributed by atoms with Gasteiger partial charge in [-0.05, 0) is 43.0 Å². The third-order valence-corrected chi connectivity index (χ3v) is 3.99. The Morgan fingerprint density at radius 3 is 2.57 bits per heavy atom. The van der Waals surface area contributed by atoms with Gasteiger partial charge in [-0.25, -0.2) is 4.79 Å². The summed E-state index contributed by atoms with van der Waals surface area (Å²) < 4.78 is 10.4. The van der Waals surface area contributed by atoms with Gasteiger partial charge in [0, 0.05) is 13.1 Å². The summed E-state index contributed by atoms with van der Waals surface area (Å²) >= 11 is 1.67. The van der Waals surface area contributed by atoms with Gasteiger partial charge < -0.3 is 25.2 Å². The molecule has 1 aromatic carbocycles. The van der Waals surface area contributed by atoms with E-state index in [1.807, 2.05) is 18.4 Å². The Hall–Kier alpha value is -1.60. The molecule has 0 radical (unpaired) electrons. The van der Waals surface area contributed by atoms with Crippen LogP contribution in [-0.2, 0) is 6.54 Å². The van der Waals surface area contributed by atoms with Gasteiger partial charge in [-0.15, -0.1) is 0 Å². The summed E-state index contributed by atoms with van der Waals surface area (Å²) in [6.07, 6.45) is 2.61. The van der Waals surface area contributed by atoms with Crippen molar-refractivity contribution < 1.29 is 19.4 Å². The average molecular weight is 342 g/mol. The topological polar surface area (TPSA) is 79.8 Å². The average Bonchev–Trinajstić information content (AvgIpc) is 2.56. The van der Waals surface area contributed by atoms with Crippen molar-refractivity contribution in [3.8, 4) is 11.5 Å². The number of methoxy groups -OCH3 is 2. The lowest BCUT2D eigenvalue weighted by molar-refractivity contribution is 0.0594. The molecule has 0 aromatic heterocycles. The molecule has 0 aliphatic rings. The molecule has 0 fully saturated rings. The summed E-state index contributed by atoms with van der Waals surface area (Å²) in [7, 11) is 3.14. The van der Waals surface area contributed by atoms with E-state index < -0.39 is 5.60 Å². The standard InChI is InChI=1S/C16H26N2O4S/c1-16(20,7-8-23-4)11-18-15(19)17-10-12-5-6-13(21-2)14(9-12)22-3/h5-6,9,20H,7-8,10-11H2,1-4H3,(H2,17,18,19)/t16-/m1/s1. The second-order valence-corrected chi connectivity index (χ2v) is 6.45. The molecule has 0 spiro atoms. The van der Waals surface area contributed by atoms with E-state index in [0.717, 1.165) is 11.3 Å². The third kappa shape index (κ3) is 7.00. The van der Waals surface area contributed by atoms with Crippen molar-refractivity contribution in [3.05, 3.63) is 23.8 Å². The van der Waals surface area contributed by atoms with Gasteiger partial charge in [-0.3, -0.25) is 0 Å². The molecule has 0 unspecified atom stereocenters. The maximum absolute atomic E-state index is 11.8. The molecule has 1 aromatic rings. The van der Waals surface area contributed by atoms with Crippen LogP contribution in [0.15, 0.2) is 18.2 Å². The number of nitrogens with one attached hydrogen (secondary N) is 2. The summed E-state index contributed by atoms with van der Waals surface area (Å²) in [5.74, 6) is 2.11. The zero-order chi connectivity index (χ0) is 17.3. The van der Waals surface area contributed by atoms with Gasteiger partial charge in [0.05, 0.1) is 19.8 Å². The number of ether oxygens (including phenoxy) is 2. The van der Waals surface area contributed by atoms with Gasteiger partial charge >= 0.3 is 6.03 Å². The zero-order valence-electron chi connectivity index (χ0n) is 14.1. The van der Waals surface area contributed by atoms with Gasteiger partial charge in [-0.2, -0.15) is 11.8 Å². The minimum Gasteiger partial charge on any atom is -0.493 e. The summed E-state index contributed by atoms with van der Waals surface area (Å²) in [4.78, 5) is 11.8. The molecule has 1 rings (SSSR count). The van der Waals surface area contributed by atoms with Gasteiger partial charge in [0.2, 0.25) is 0 Å². The lowest BCUT2D eigenvalue weighted by atomic mass is 10.0. The van der Waals surface area contributed by atoms with Gasteiger partial charge in [0.25, 0.3) is 0 Å². The van der Waals surface area contributed by atoms with Crippen LogP contribution in [-0.4, -0.2) is 49.5 Å². The number of carbonyl (C=O) groups excluding carboxylic acids is 1. The third-order valence-electron chi connectivity index (χ3n) is 3.38. The smallest absolute Gasteiger partial charge is 0.315 e. The van der Waals surface area contributed by atoms with E-state index in [1.165, 1.54) is 0 Å². The van der Waals surface area contributed by atoms with Crippen molar-refractivity contribution in [1.29, 1.82) is 0 Å². The highest BCUT2D eigenvalue weighted by Gasteiger charge is 2.20. The molecule has 23 heavy (non-hydrogen) atoms. The highest BCUT2D eigenvalue weighted by molar-refractivity contribution is 7.98. The molecule has 0 bridgehead atoms. The summed E-state index contributed by atoms with van der Waals surface area (Å²) in [5, 5.41) is 15.6. The van der Waals surface area contributed by atoms with Crippen LogP contribution in [0.2, 0.25) is 0 Å². The van der Waals surface area contributed by atoms with Crippen LogP contribution in [0.25, 0.3) is 0 Å². The molecule has 0 saturated heterocycles. The van der Waals surface area contributed by atoms with Crippen LogP contribution >= 0.6 is 11.8 Å². The number of benzene rings is 1. The lowest BCUT2D eigenvalue weighted by Crippen LogP contribution is -2.44. The Labute approximate surface area is 141 Å². The normalized spacial score (nSPS) is 13.1. The fourth-order valence-electron chi connectivity index (χ4n) is 1.92. The molecular weight excluding hydrogens is 316 g/mol. The van der Waals surface area contributed by atoms with Crippen molar-refractivity contribution in [2.45, 2.75) is 25.5 Å². The first-order chi connectivity index (χ1) is 10.9. The van der Waals surface area contributed by atoms with Crippen LogP contribution in [0.3, 0.4) is 0 Å². The number of hydrogen-bond donors (Lipinski definition) is 3. The zero-order valence-corrected chi connectivity index (χ0v) is 15.0. The molecule has 130 valence electrons. The first-order valence-electron chi connectivity index (χ1n) is 7.36. The van der Waals surface area contributed by atoms with Crippen LogP contribution in [0.5, 0.6) is 11.5 Å². The second-order valence-electron chi connectivity index (χ2n) is 5.47. The molecular formula is C16H26N2O4S. The van der Waals surface area contributed by atoms with E-state index in [9.17, 15) is 9.90 Å². The number of rotatable bonds is 9. The minimum atomic E-state index is -0.899. The number of urea groups is 1. The van der Waals surface area contributed by atoms with Gasteiger partial charge in [-0.1, -0.05) is 6.07 Å². The Morgan fingerprint density at radius 2 is 1.96 bits per heavy atom. The van der Waals surface area contributed by atoms with E-state index in [0.29, 0.717) is 24.5 Å².